The minimum absolute atomic E-state index is 0.133. The Kier molecular flexibility index (Phi) is 9.32. The van der Waals surface area contributed by atoms with E-state index in [1.807, 2.05) is 0 Å². The van der Waals surface area contributed by atoms with Gasteiger partial charge in [0.15, 0.2) is 6.10 Å². The Morgan fingerprint density at radius 2 is 1.67 bits per heavy atom. The lowest BCUT2D eigenvalue weighted by molar-refractivity contribution is -0.271. The van der Waals surface area contributed by atoms with Crippen LogP contribution in [0.5, 0.6) is 11.5 Å². The Bertz CT molecular complexity index is 981. The summed E-state index contributed by atoms with van der Waals surface area (Å²) in [5.74, 6) is -2.59. The topological polar surface area (TPSA) is 201 Å². The first-order valence-electron chi connectivity index (χ1n) is 10.9. The molecule has 0 radical (unpaired) electrons. The lowest BCUT2D eigenvalue weighted by Gasteiger charge is -2.38. The summed E-state index contributed by atoms with van der Waals surface area (Å²) in [7, 11) is 0. The van der Waals surface area contributed by atoms with Gasteiger partial charge in [-0.3, -0.25) is 19.3 Å². The van der Waals surface area contributed by atoms with E-state index in [0.717, 1.165) is 17.1 Å². The summed E-state index contributed by atoms with van der Waals surface area (Å²) in [5, 5.41) is 41.3. The molecule has 1 aromatic carbocycles. The van der Waals surface area contributed by atoms with Crippen molar-refractivity contribution in [1.82, 2.24) is 10.2 Å². The number of rotatable bonds is 12. The van der Waals surface area contributed by atoms with Crippen LogP contribution >= 0.6 is 0 Å². The molecule has 2 heterocycles. The van der Waals surface area contributed by atoms with E-state index in [4.69, 9.17) is 24.1 Å². The van der Waals surface area contributed by atoms with Gasteiger partial charge in [0.2, 0.25) is 12.2 Å². The number of imide groups is 1. The number of carbonyl (C=O) groups excluding carboxylic acids is 3. The number of nitrogens with zero attached hydrogens (tertiary/aromatic N) is 1. The number of aliphatic hydroxyl groups excluding tert-OH is 3. The number of carboxylic acid groups (broad SMARTS) is 1. The van der Waals surface area contributed by atoms with Gasteiger partial charge >= 0.3 is 5.97 Å². The molecule has 0 aromatic heterocycles. The summed E-state index contributed by atoms with van der Waals surface area (Å²) in [4.78, 5) is 46.6. The first-order valence-corrected chi connectivity index (χ1v) is 10.9. The van der Waals surface area contributed by atoms with Crippen molar-refractivity contribution in [3.8, 4) is 11.5 Å². The van der Waals surface area contributed by atoms with Gasteiger partial charge in [-0.15, -0.1) is 0 Å². The van der Waals surface area contributed by atoms with Crippen LogP contribution in [0.2, 0.25) is 0 Å². The first-order chi connectivity index (χ1) is 17.2. The van der Waals surface area contributed by atoms with E-state index in [2.05, 4.69) is 5.32 Å². The number of carbonyl (C=O) groups is 4. The molecule has 0 aliphatic carbocycles. The maximum atomic E-state index is 11.8. The number of carboxylic acids is 1. The van der Waals surface area contributed by atoms with Crippen LogP contribution in [-0.2, 0) is 28.7 Å². The number of aliphatic carboxylic acids is 1. The Morgan fingerprint density at radius 3 is 2.36 bits per heavy atom. The maximum Gasteiger partial charge on any atom is 0.335 e. The second-order valence-electron chi connectivity index (χ2n) is 7.73. The fraction of sp³-hybridized carbons (Fsp3) is 0.455. The Hall–Kier alpha value is -3.56. The fourth-order valence-electron chi connectivity index (χ4n) is 3.29. The monoisotopic (exact) mass is 510 g/mol. The molecule has 196 valence electrons. The van der Waals surface area contributed by atoms with Crippen molar-refractivity contribution in [2.24, 2.45) is 0 Å². The van der Waals surface area contributed by atoms with E-state index in [1.165, 1.54) is 12.1 Å². The number of amides is 3. The molecule has 3 amide bonds. The number of hydrogen-bond donors (Lipinski definition) is 5. The van der Waals surface area contributed by atoms with Gasteiger partial charge in [-0.1, -0.05) is 6.07 Å². The van der Waals surface area contributed by atoms with Crippen molar-refractivity contribution in [2.75, 3.05) is 32.9 Å². The molecule has 1 saturated heterocycles. The van der Waals surface area contributed by atoms with Crippen molar-refractivity contribution in [3.63, 3.8) is 0 Å². The molecule has 1 fully saturated rings. The summed E-state index contributed by atoms with van der Waals surface area (Å²) >= 11 is 0. The van der Waals surface area contributed by atoms with Crippen molar-refractivity contribution >= 4 is 23.7 Å². The number of nitrogens with one attached hydrogen (secondary N) is 1. The maximum absolute atomic E-state index is 11.8. The number of aliphatic hydroxyl groups is 3. The highest BCUT2D eigenvalue weighted by Crippen LogP contribution is 2.26. The van der Waals surface area contributed by atoms with Crippen LogP contribution in [0.25, 0.3) is 0 Å². The van der Waals surface area contributed by atoms with E-state index in [0.29, 0.717) is 5.75 Å². The second kappa shape index (κ2) is 12.4. The van der Waals surface area contributed by atoms with Crippen molar-refractivity contribution in [2.45, 2.75) is 30.7 Å². The molecule has 5 N–H and O–H groups in total. The smallest absolute Gasteiger partial charge is 0.335 e. The molecule has 1 aromatic rings. The van der Waals surface area contributed by atoms with Crippen LogP contribution in [0.1, 0.15) is 0 Å². The minimum atomic E-state index is -1.82. The highest BCUT2D eigenvalue weighted by molar-refractivity contribution is 6.14. The van der Waals surface area contributed by atoms with Gasteiger partial charge in [-0.2, -0.15) is 0 Å². The van der Waals surface area contributed by atoms with E-state index in [-0.39, 0.29) is 38.7 Å². The van der Waals surface area contributed by atoms with Gasteiger partial charge in [0.25, 0.3) is 11.8 Å². The number of ether oxygens (including phenoxy) is 4. The van der Waals surface area contributed by atoms with Gasteiger partial charge in [0.1, 0.15) is 43.0 Å². The van der Waals surface area contributed by atoms with Gasteiger partial charge in [0.05, 0.1) is 13.2 Å². The van der Waals surface area contributed by atoms with Crippen molar-refractivity contribution in [3.05, 3.63) is 36.4 Å². The summed E-state index contributed by atoms with van der Waals surface area (Å²) < 4.78 is 21.4. The van der Waals surface area contributed by atoms with Crippen LogP contribution in [-0.4, -0.2) is 113 Å². The van der Waals surface area contributed by atoms with E-state index >= 15 is 0 Å². The van der Waals surface area contributed by atoms with Gasteiger partial charge in [0, 0.05) is 24.8 Å². The summed E-state index contributed by atoms with van der Waals surface area (Å²) in [6.07, 6.45) is -6.43. The first kappa shape index (κ1) is 27.0. The van der Waals surface area contributed by atoms with Crippen LogP contribution in [0.4, 0.5) is 0 Å². The molecule has 14 heteroatoms. The summed E-state index contributed by atoms with van der Waals surface area (Å²) in [6, 6.07) is 6.12. The third-order valence-corrected chi connectivity index (χ3v) is 5.14. The lowest BCUT2D eigenvalue weighted by Crippen LogP contribution is -2.61. The largest absolute Gasteiger partial charge is 0.491 e. The SMILES string of the molecule is O=C(CN1C(=O)C=CC1=O)NCCOCCOc1cccc(O[C@@H]2O[C@H](C(=O)O)[C@@H](O)[C@H](O)[C@H]2O)c1. The lowest BCUT2D eigenvalue weighted by atomic mass is 9.99. The molecule has 0 spiro atoms. The average molecular weight is 510 g/mol. The third-order valence-electron chi connectivity index (χ3n) is 5.14. The molecule has 0 unspecified atom stereocenters. The van der Waals surface area contributed by atoms with Crippen LogP contribution in [0.15, 0.2) is 36.4 Å². The predicted molar refractivity (Wildman–Crippen MR) is 117 cm³/mol. The Balaban J connectivity index is 1.35. The molecule has 14 nitrogen and oxygen atoms in total. The molecule has 2 aliphatic heterocycles. The second-order valence-corrected chi connectivity index (χ2v) is 7.73. The fourth-order valence-corrected chi connectivity index (χ4v) is 3.29. The zero-order valence-corrected chi connectivity index (χ0v) is 18.9. The normalized spacial score (nSPS) is 25.6. The molecule has 36 heavy (non-hydrogen) atoms. The van der Waals surface area contributed by atoms with Gasteiger partial charge < -0.3 is 44.7 Å². The molecule has 5 atom stereocenters. The zero-order valence-electron chi connectivity index (χ0n) is 18.9. The zero-order chi connectivity index (χ0) is 26.2. The molecule has 0 bridgehead atoms. The molecule has 2 aliphatic rings. The van der Waals surface area contributed by atoms with Crippen LogP contribution < -0.4 is 14.8 Å². The van der Waals surface area contributed by atoms with Crippen molar-refractivity contribution < 1.29 is 58.6 Å². The third kappa shape index (κ3) is 6.99. The molecule has 0 saturated carbocycles. The number of hydrogen-bond acceptors (Lipinski definition) is 11. The molecular weight excluding hydrogens is 484 g/mol. The number of benzene rings is 1. The van der Waals surface area contributed by atoms with E-state index in [9.17, 15) is 34.5 Å². The van der Waals surface area contributed by atoms with Crippen LogP contribution in [0.3, 0.4) is 0 Å². The summed E-state index contributed by atoms with van der Waals surface area (Å²) in [5.41, 5.74) is 0. The average Bonchev–Trinajstić information content (AvgIpc) is 3.15. The van der Waals surface area contributed by atoms with Crippen molar-refractivity contribution in [1.29, 1.82) is 0 Å². The predicted octanol–water partition coefficient (Wildman–Crippen LogP) is -2.61. The highest BCUT2D eigenvalue weighted by Gasteiger charge is 2.48. The van der Waals surface area contributed by atoms with Crippen LogP contribution in [0, 0.1) is 0 Å². The van der Waals surface area contributed by atoms with Gasteiger partial charge in [-0.25, -0.2) is 4.79 Å². The Morgan fingerprint density at radius 1 is 0.972 bits per heavy atom. The highest BCUT2D eigenvalue weighted by atomic mass is 16.7. The minimum Gasteiger partial charge on any atom is -0.491 e. The Labute approximate surface area is 204 Å². The quantitative estimate of drug-likeness (QED) is 0.145. The standard InChI is InChI=1S/C22H26N2O12/c25-14(11-24-15(26)4-5-16(24)27)23-6-7-33-8-9-34-12-2-1-3-13(10-12)35-22-19(30)17(28)18(29)20(36-22)21(31)32/h1-5,10,17-20,22,28-30H,6-9,11H2,(H,23,25)(H,31,32)/t17-,18-,19+,20-,22+/m0/s1. The van der Waals surface area contributed by atoms with Gasteiger partial charge in [-0.05, 0) is 12.1 Å². The molecule has 3 rings (SSSR count). The summed E-state index contributed by atoms with van der Waals surface area (Å²) in [6.45, 7) is 0.254. The van der Waals surface area contributed by atoms with E-state index in [1.54, 1.807) is 12.1 Å². The van der Waals surface area contributed by atoms with E-state index < -0.39 is 54.4 Å². The molecular formula is C22H26N2O12.